The smallest absolute Gasteiger partial charge is 0.411 e. The molecule has 1 saturated heterocycles. The van der Waals surface area contributed by atoms with E-state index in [1.54, 1.807) is 23.5 Å². The van der Waals surface area contributed by atoms with E-state index in [4.69, 9.17) is 9.47 Å². The van der Waals surface area contributed by atoms with Crippen LogP contribution in [0.15, 0.2) is 24.7 Å². The van der Waals surface area contributed by atoms with Gasteiger partial charge in [-0.2, -0.15) is 0 Å². The minimum atomic E-state index is -0.499. The predicted octanol–water partition coefficient (Wildman–Crippen LogP) is 2.27. The molecule has 0 radical (unpaired) electrons. The van der Waals surface area contributed by atoms with Crippen LogP contribution < -0.4 is 0 Å². The molecule has 0 N–H and O–H groups in total. The minimum Gasteiger partial charge on any atom is -0.444 e. The van der Waals surface area contributed by atoms with E-state index < -0.39 is 5.60 Å². The second-order valence-electron chi connectivity index (χ2n) is 6.63. The highest BCUT2D eigenvalue weighted by atomic mass is 16.6. The molecule has 0 aromatic carbocycles. The summed E-state index contributed by atoms with van der Waals surface area (Å²) in [7, 11) is 0. The fourth-order valence-electron chi connectivity index (χ4n) is 2.85. The number of hydrogen-bond acceptors (Lipinski definition) is 5. The highest BCUT2D eigenvalue weighted by molar-refractivity contribution is 5.73. The maximum atomic E-state index is 12.5. The van der Waals surface area contributed by atoms with Gasteiger partial charge < -0.3 is 9.47 Å². The molecule has 118 valence electrons. The molecule has 0 spiro atoms. The van der Waals surface area contributed by atoms with Crippen LogP contribution in [0.5, 0.6) is 0 Å². The third-order valence-electron chi connectivity index (χ3n) is 3.70. The lowest BCUT2D eigenvalue weighted by molar-refractivity contribution is -0.0511. The van der Waals surface area contributed by atoms with Crippen molar-refractivity contribution in [2.45, 2.75) is 44.9 Å². The van der Waals surface area contributed by atoms with Crippen molar-refractivity contribution in [2.75, 3.05) is 13.2 Å². The fraction of sp³-hybridized carbons (Fsp3) is 0.562. The van der Waals surface area contributed by atoms with Crippen LogP contribution >= 0.6 is 0 Å². The first-order valence-corrected chi connectivity index (χ1v) is 7.50. The second-order valence-corrected chi connectivity index (χ2v) is 6.63. The molecule has 2 aliphatic heterocycles. The normalized spacial score (nSPS) is 24.7. The average Bonchev–Trinajstić information content (AvgIpc) is 2.45. The number of aromatic nitrogens is 2. The fourth-order valence-corrected chi connectivity index (χ4v) is 2.85. The van der Waals surface area contributed by atoms with Crippen LogP contribution in [0.1, 0.15) is 32.9 Å². The van der Waals surface area contributed by atoms with Gasteiger partial charge in [0.2, 0.25) is 0 Å². The Labute approximate surface area is 130 Å². The molecule has 3 heterocycles. The summed E-state index contributed by atoms with van der Waals surface area (Å²) in [5, 5.41) is 0. The molecule has 22 heavy (non-hydrogen) atoms. The number of rotatable bonds is 1. The summed E-state index contributed by atoms with van der Waals surface area (Å²) in [4.78, 5) is 22.7. The van der Waals surface area contributed by atoms with Crippen LogP contribution in [-0.4, -0.2) is 51.9 Å². The van der Waals surface area contributed by atoms with E-state index in [2.05, 4.69) is 9.97 Å². The number of ether oxygens (including phenoxy) is 2. The first kappa shape index (κ1) is 15.0. The molecule has 1 aromatic heterocycles. The Morgan fingerprint density at radius 1 is 1.36 bits per heavy atom. The van der Waals surface area contributed by atoms with Gasteiger partial charge in [-0.15, -0.1) is 0 Å². The summed E-state index contributed by atoms with van der Waals surface area (Å²) >= 11 is 0. The van der Waals surface area contributed by atoms with E-state index in [1.165, 1.54) is 0 Å². The van der Waals surface area contributed by atoms with Gasteiger partial charge in [0.25, 0.3) is 0 Å². The first-order chi connectivity index (χ1) is 10.4. The van der Waals surface area contributed by atoms with Gasteiger partial charge in [0.1, 0.15) is 5.60 Å². The van der Waals surface area contributed by atoms with E-state index in [-0.39, 0.29) is 18.2 Å². The molecule has 0 saturated carbocycles. The van der Waals surface area contributed by atoms with Crippen molar-refractivity contribution >= 4 is 11.7 Å². The Morgan fingerprint density at radius 3 is 2.82 bits per heavy atom. The van der Waals surface area contributed by atoms with Gasteiger partial charge >= 0.3 is 6.09 Å². The maximum absolute atomic E-state index is 12.5. The molecule has 1 aromatic rings. The van der Waals surface area contributed by atoms with Crippen molar-refractivity contribution in [1.29, 1.82) is 0 Å². The summed E-state index contributed by atoms with van der Waals surface area (Å²) in [6.45, 7) is 6.64. The molecular weight excluding hydrogens is 282 g/mol. The number of carbonyl (C=O) groups is 1. The third kappa shape index (κ3) is 3.11. The largest absolute Gasteiger partial charge is 0.444 e. The lowest BCUT2D eigenvalue weighted by Gasteiger charge is -2.44. The van der Waals surface area contributed by atoms with Crippen LogP contribution in [0.4, 0.5) is 4.79 Å². The molecule has 2 aliphatic rings. The number of morpholine rings is 1. The van der Waals surface area contributed by atoms with Crippen LogP contribution in [0.2, 0.25) is 0 Å². The summed E-state index contributed by atoms with van der Waals surface area (Å²) in [6.07, 6.45) is 7.57. The van der Waals surface area contributed by atoms with Gasteiger partial charge in [-0.3, -0.25) is 14.9 Å². The summed E-state index contributed by atoms with van der Waals surface area (Å²) in [5.74, 6) is 0. The van der Waals surface area contributed by atoms with E-state index in [1.807, 2.05) is 26.8 Å². The first-order valence-electron chi connectivity index (χ1n) is 7.50. The van der Waals surface area contributed by atoms with Crippen molar-refractivity contribution < 1.29 is 14.3 Å². The summed E-state index contributed by atoms with van der Waals surface area (Å²) in [6, 6.07) is -0.130. The van der Waals surface area contributed by atoms with Crippen LogP contribution in [-0.2, 0) is 9.47 Å². The molecule has 2 atom stereocenters. The standard InChI is InChI=1S/C16H21N3O3/c1-16(2,3)22-15(20)19-12-6-11(7-13(19)10-21-9-12)14-8-17-4-5-18-14/h4-6,8,12-13H,7,9-10H2,1-3H3. The molecule has 6 heteroatoms. The Kier molecular flexibility index (Phi) is 3.87. The Morgan fingerprint density at radius 2 is 2.18 bits per heavy atom. The van der Waals surface area contributed by atoms with Crippen LogP contribution in [0.3, 0.4) is 0 Å². The third-order valence-corrected chi connectivity index (χ3v) is 3.70. The Bertz CT molecular complexity index is 580. The molecule has 2 unspecified atom stereocenters. The van der Waals surface area contributed by atoms with Crippen molar-refractivity contribution in [3.63, 3.8) is 0 Å². The summed E-state index contributed by atoms with van der Waals surface area (Å²) < 4.78 is 11.1. The zero-order valence-electron chi connectivity index (χ0n) is 13.2. The molecule has 0 aliphatic carbocycles. The van der Waals surface area contributed by atoms with E-state index in [0.717, 1.165) is 11.3 Å². The number of hydrogen-bond donors (Lipinski definition) is 0. The lowest BCUT2D eigenvalue weighted by atomic mass is 9.93. The monoisotopic (exact) mass is 303 g/mol. The maximum Gasteiger partial charge on any atom is 0.411 e. The lowest BCUT2D eigenvalue weighted by Crippen LogP contribution is -2.57. The van der Waals surface area contributed by atoms with E-state index in [9.17, 15) is 4.79 Å². The van der Waals surface area contributed by atoms with Gasteiger partial charge in [0.05, 0.1) is 37.2 Å². The van der Waals surface area contributed by atoms with Crippen LogP contribution in [0, 0.1) is 0 Å². The van der Waals surface area contributed by atoms with Gasteiger partial charge in [-0.05, 0) is 32.8 Å². The SMILES string of the molecule is CC(C)(C)OC(=O)N1C2C=C(c3cnccn3)CC1COC2. The van der Waals surface area contributed by atoms with Crippen molar-refractivity contribution in [3.8, 4) is 0 Å². The molecular formula is C16H21N3O3. The van der Waals surface area contributed by atoms with E-state index in [0.29, 0.717) is 19.6 Å². The Hall–Kier alpha value is -1.95. The quantitative estimate of drug-likeness (QED) is 0.796. The summed E-state index contributed by atoms with van der Waals surface area (Å²) in [5.41, 5.74) is 1.48. The van der Waals surface area contributed by atoms with Crippen molar-refractivity contribution in [1.82, 2.24) is 14.9 Å². The molecule has 1 fully saturated rings. The van der Waals surface area contributed by atoms with Crippen molar-refractivity contribution in [3.05, 3.63) is 30.4 Å². The second kappa shape index (κ2) is 5.68. The zero-order valence-corrected chi connectivity index (χ0v) is 13.2. The number of amides is 1. The number of nitrogens with zero attached hydrogens (tertiary/aromatic N) is 3. The highest BCUT2D eigenvalue weighted by Crippen LogP contribution is 2.32. The van der Waals surface area contributed by atoms with Gasteiger partial charge in [0.15, 0.2) is 0 Å². The average molecular weight is 303 g/mol. The van der Waals surface area contributed by atoms with Gasteiger partial charge in [-0.1, -0.05) is 6.08 Å². The van der Waals surface area contributed by atoms with Crippen LogP contribution in [0.25, 0.3) is 5.57 Å². The van der Waals surface area contributed by atoms with Gasteiger partial charge in [0, 0.05) is 12.4 Å². The molecule has 1 amide bonds. The Balaban J connectivity index is 1.84. The number of fused-ring (bicyclic) bond motifs is 2. The number of carbonyl (C=O) groups excluding carboxylic acids is 1. The zero-order chi connectivity index (χ0) is 15.7. The minimum absolute atomic E-state index is 0.0180. The highest BCUT2D eigenvalue weighted by Gasteiger charge is 2.40. The predicted molar refractivity (Wildman–Crippen MR) is 81.1 cm³/mol. The van der Waals surface area contributed by atoms with Crippen molar-refractivity contribution in [2.24, 2.45) is 0 Å². The van der Waals surface area contributed by atoms with Gasteiger partial charge in [-0.25, -0.2) is 4.79 Å². The molecule has 3 rings (SSSR count). The molecule has 2 bridgehead atoms. The topological polar surface area (TPSA) is 64.5 Å². The van der Waals surface area contributed by atoms with E-state index >= 15 is 0 Å². The molecule has 6 nitrogen and oxygen atoms in total.